The first-order valence-corrected chi connectivity index (χ1v) is 8.74. The Morgan fingerprint density at radius 1 is 1.38 bits per heavy atom. The Bertz CT molecular complexity index is 815. The molecule has 0 saturated heterocycles. The first-order valence-electron chi connectivity index (χ1n) is 8.74. The summed E-state index contributed by atoms with van der Waals surface area (Å²) < 4.78 is 16.6. The Morgan fingerprint density at radius 3 is 2.77 bits per heavy atom. The zero-order valence-corrected chi connectivity index (χ0v) is 15.0. The minimum absolute atomic E-state index is 0.0000412. The van der Waals surface area contributed by atoms with Gasteiger partial charge in [-0.25, -0.2) is 4.79 Å². The van der Waals surface area contributed by atoms with E-state index in [4.69, 9.17) is 19.9 Å². The second kappa shape index (κ2) is 7.52. The summed E-state index contributed by atoms with van der Waals surface area (Å²) in [5, 5.41) is 9.64. The van der Waals surface area contributed by atoms with Crippen molar-refractivity contribution in [3.05, 3.63) is 52.6 Å². The number of esters is 1. The largest absolute Gasteiger partial charge is 0.493 e. The van der Waals surface area contributed by atoms with Crippen LogP contribution in [0.1, 0.15) is 38.2 Å². The molecule has 1 heterocycles. The van der Waals surface area contributed by atoms with Crippen LogP contribution in [-0.4, -0.2) is 19.2 Å². The minimum Gasteiger partial charge on any atom is -0.493 e. The molecule has 1 saturated carbocycles. The van der Waals surface area contributed by atoms with Crippen molar-refractivity contribution in [2.45, 2.75) is 32.6 Å². The average molecular weight is 354 g/mol. The van der Waals surface area contributed by atoms with Gasteiger partial charge < -0.3 is 19.9 Å². The number of nitrogens with zero attached hydrogens (tertiary/aromatic N) is 1. The number of allylic oxidation sites excluding steroid dienone is 2. The molecule has 1 aliphatic carbocycles. The third-order valence-corrected chi connectivity index (χ3v) is 4.50. The van der Waals surface area contributed by atoms with E-state index in [2.05, 4.69) is 6.07 Å². The number of ether oxygens (including phenoxy) is 3. The van der Waals surface area contributed by atoms with Crippen molar-refractivity contribution in [3.63, 3.8) is 0 Å². The smallest absolute Gasteiger partial charge is 0.338 e. The van der Waals surface area contributed by atoms with Crippen molar-refractivity contribution in [3.8, 4) is 11.8 Å². The lowest BCUT2D eigenvalue weighted by atomic mass is 9.82. The average Bonchev–Trinajstić information content (AvgIpc) is 3.44. The molecular formula is C20H22N2O4. The van der Waals surface area contributed by atoms with Crippen molar-refractivity contribution in [1.82, 2.24) is 0 Å². The van der Waals surface area contributed by atoms with Gasteiger partial charge in [-0.15, -0.1) is 0 Å². The summed E-state index contributed by atoms with van der Waals surface area (Å²) >= 11 is 0. The molecule has 26 heavy (non-hydrogen) atoms. The standard InChI is InChI=1S/C20H22N2O4/c1-3-24-20(23)17-12(2)26-19(22)15(10-21)18(17)14-6-4-5-7-16(14)25-11-13-8-9-13/h4-7,13,18H,3,8-9,11,22H2,1-2H3. The Labute approximate surface area is 152 Å². The summed E-state index contributed by atoms with van der Waals surface area (Å²) in [6.07, 6.45) is 2.34. The maximum atomic E-state index is 12.6. The molecule has 0 amide bonds. The van der Waals surface area contributed by atoms with E-state index < -0.39 is 11.9 Å². The van der Waals surface area contributed by atoms with Crippen LogP contribution >= 0.6 is 0 Å². The molecule has 0 radical (unpaired) electrons. The van der Waals surface area contributed by atoms with Crippen molar-refractivity contribution in [1.29, 1.82) is 5.26 Å². The molecule has 1 atom stereocenters. The van der Waals surface area contributed by atoms with Gasteiger partial charge in [0.05, 0.1) is 24.7 Å². The molecular weight excluding hydrogens is 332 g/mol. The fraction of sp³-hybridized carbons (Fsp3) is 0.400. The highest BCUT2D eigenvalue weighted by atomic mass is 16.5. The van der Waals surface area contributed by atoms with Gasteiger partial charge in [0.1, 0.15) is 23.2 Å². The normalized spacial score (nSPS) is 19.7. The topological polar surface area (TPSA) is 94.6 Å². The van der Waals surface area contributed by atoms with Crippen LogP contribution in [0.3, 0.4) is 0 Å². The van der Waals surface area contributed by atoms with E-state index in [-0.39, 0.29) is 23.6 Å². The van der Waals surface area contributed by atoms with Gasteiger partial charge in [0, 0.05) is 5.56 Å². The van der Waals surface area contributed by atoms with Crippen LogP contribution in [0.25, 0.3) is 0 Å². The lowest BCUT2D eigenvalue weighted by Crippen LogP contribution is -2.26. The van der Waals surface area contributed by atoms with Crippen LogP contribution < -0.4 is 10.5 Å². The third kappa shape index (κ3) is 3.52. The molecule has 0 bridgehead atoms. The molecule has 136 valence electrons. The summed E-state index contributed by atoms with van der Waals surface area (Å²) in [5.41, 5.74) is 7.10. The van der Waals surface area contributed by atoms with E-state index in [9.17, 15) is 10.1 Å². The van der Waals surface area contributed by atoms with Gasteiger partial charge in [-0.1, -0.05) is 18.2 Å². The quantitative estimate of drug-likeness (QED) is 0.789. The van der Waals surface area contributed by atoms with Gasteiger partial charge in [0.15, 0.2) is 0 Å². The number of nitrogens with two attached hydrogens (primary N) is 1. The fourth-order valence-corrected chi connectivity index (χ4v) is 3.01. The van der Waals surface area contributed by atoms with E-state index >= 15 is 0 Å². The van der Waals surface area contributed by atoms with Gasteiger partial charge in [0.2, 0.25) is 5.88 Å². The van der Waals surface area contributed by atoms with Crippen LogP contribution in [0.4, 0.5) is 0 Å². The summed E-state index contributed by atoms with van der Waals surface area (Å²) in [7, 11) is 0. The summed E-state index contributed by atoms with van der Waals surface area (Å²) in [6.45, 7) is 4.23. The fourth-order valence-electron chi connectivity index (χ4n) is 3.01. The Kier molecular flexibility index (Phi) is 5.17. The molecule has 1 aromatic rings. The summed E-state index contributed by atoms with van der Waals surface area (Å²) in [4.78, 5) is 12.6. The molecule has 2 aliphatic rings. The van der Waals surface area contributed by atoms with Crippen molar-refractivity contribution in [2.75, 3.05) is 13.2 Å². The van der Waals surface area contributed by atoms with Gasteiger partial charge in [0.25, 0.3) is 0 Å². The van der Waals surface area contributed by atoms with Crippen LogP contribution in [0.15, 0.2) is 47.1 Å². The van der Waals surface area contributed by atoms with Gasteiger partial charge in [-0.2, -0.15) is 5.26 Å². The first-order chi connectivity index (χ1) is 12.6. The van der Waals surface area contributed by atoms with Crippen LogP contribution in [0.2, 0.25) is 0 Å². The number of carbonyl (C=O) groups excluding carboxylic acids is 1. The highest BCUT2D eigenvalue weighted by Gasteiger charge is 2.38. The van der Waals surface area contributed by atoms with Crippen LogP contribution in [0.5, 0.6) is 5.75 Å². The molecule has 3 rings (SSSR count). The highest BCUT2D eigenvalue weighted by Crippen LogP contribution is 2.43. The molecule has 1 aromatic carbocycles. The SMILES string of the molecule is CCOC(=O)C1=C(C)OC(N)=C(C#N)C1c1ccccc1OCC1CC1. The van der Waals surface area contributed by atoms with E-state index in [0.717, 1.165) is 0 Å². The number of para-hydroxylation sites is 1. The number of benzene rings is 1. The van der Waals surface area contributed by atoms with Crippen molar-refractivity contribution >= 4 is 5.97 Å². The second-order valence-electron chi connectivity index (χ2n) is 6.41. The predicted octanol–water partition coefficient (Wildman–Crippen LogP) is 3.12. The molecule has 6 nitrogen and oxygen atoms in total. The van der Waals surface area contributed by atoms with E-state index in [1.807, 2.05) is 24.3 Å². The maximum Gasteiger partial charge on any atom is 0.338 e. The van der Waals surface area contributed by atoms with Gasteiger partial charge in [-0.3, -0.25) is 0 Å². The second-order valence-corrected chi connectivity index (χ2v) is 6.41. The zero-order chi connectivity index (χ0) is 18.7. The number of nitriles is 1. The highest BCUT2D eigenvalue weighted by molar-refractivity contribution is 5.92. The van der Waals surface area contributed by atoms with E-state index in [0.29, 0.717) is 29.6 Å². The number of carbonyl (C=O) groups is 1. The molecule has 0 aromatic heterocycles. The molecule has 6 heteroatoms. The predicted molar refractivity (Wildman–Crippen MR) is 94.6 cm³/mol. The maximum absolute atomic E-state index is 12.6. The van der Waals surface area contributed by atoms with Gasteiger partial charge in [-0.05, 0) is 38.7 Å². The minimum atomic E-state index is -0.678. The molecule has 1 fully saturated rings. The lowest BCUT2D eigenvalue weighted by Gasteiger charge is -2.28. The Balaban J connectivity index is 2.06. The molecule has 1 aliphatic heterocycles. The zero-order valence-electron chi connectivity index (χ0n) is 15.0. The molecule has 2 N–H and O–H groups in total. The van der Waals surface area contributed by atoms with Gasteiger partial charge >= 0.3 is 5.97 Å². The first kappa shape index (κ1) is 17.9. The molecule has 1 unspecified atom stereocenters. The lowest BCUT2D eigenvalue weighted by molar-refractivity contribution is -0.139. The monoisotopic (exact) mass is 354 g/mol. The van der Waals surface area contributed by atoms with E-state index in [1.165, 1.54) is 12.8 Å². The number of rotatable bonds is 6. The summed E-state index contributed by atoms with van der Waals surface area (Å²) in [6, 6.07) is 9.48. The number of hydrogen-bond donors (Lipinski definition) is 1. The Hall–Kier alpha value is -2.94. The molecule has 0 spiro atoms. The van der Waals surface area contributed by atoms with Crippen molar-refractivity contribution in [2.24, 2.45) is 11.7 Å². The van der Waals surface area contributed by atoms with E-state index in [1.54, 1.807) is 13.8 Å². The van der Waals surface area contributed by atoms with Crippen LogP contribution in [-0.2, 0) is 14.3 Å². The van der Waals surface area contributed by atoms with Crippen molar-refractivity contribution < 1.29 is 19.0 Å². The Morgan fingerprint density at radius 2 is 2.12 bits per heavy atom. The third-order valence-electron chi connectivity index (χ3n) is 4.50. The summed E-state index contributed by atoms with van der Waals surface area (Å²) in [5.74, 6) is 0.356. The number of hydrogen-bond acceptors (Lipinski definition) is 6. The van der Waals surface area contributed by atoms with Crippen LogP contribution in [0, 0.1) is 17.2 Å².